The number of hydrogen-bond acceptors (Lipinski definition) is 2. The number of nitrogens with zero attached hydrogens (tertiary/aromatic N) is 1. The molecule has 88 valence electrons. The van der Waals surface area contributed by atoms with Crippen molar-refractivity contribution in [2.45, 2.75) is 19.4 Å². The zero-order valence-electron chi connectivity index (χ0n) is 9.16. The molecule has 0 bridgehead atoms. The van der Waals surface area contributed by atoms with E-state index in [0.717, 1.165) is 18.7 Å². The summed E-state index contributed by atoms with van der Waals surface area (Å²) in [6.07, 6.45) is 1.02. The Morgan fingerprint density at radius 2 is 1.94 bits per heavy atom. The van der Waals surface area contributed by atoms with E-state index in [9.17, 15) is 5.11 Å². The first-order chi connectivity index (χ1) is 7.61. The van der Waals surface area contributed by atoms with E-state index in [-0.39, 0.29) is 6.61 Å². The van der Waals surface area contributed by atoms with Gasteiger partial charge in [-0.15, -0.1) is 0 Å². The molecular formula is C12H15Cl2NO. The third-order valence-corrected chi connectivity index (χ3v) is 3.76. The Labute approximate surface area is 106 Å². The molecule has 0 aliphatic carbocycles. The van der Waals surface area contributed by atoms with Crippen LogP contribution in [0.15, 0.2) is 18.2 Å². The van der Waals surface area contributed by atoms with E-state index in [1.54, 1.807) is 6.07 Å². The summed E-state index contributed by atoms with van der Waals surface area (Å²) >= 11 is 12.0. The van der Waals surface area contributed by atoms with Crippen molar-refractivity contribution in [2.75, 3.05) is 18.1 Å². The van der Waals surface area contributed by atoms with E-state index in [4.69, 9.17) is 23.2 Å². The first-order valence-corrected chi connectivity index (χ1v) is 6.21. The zero-order chi connectivity index (χ0) is 11.7. The molecule has 1 aromatic rings. The molecule has 0 saturated carbocycles. The molecule has 1 aliphatic heterocycles. The predicted octanol–water partition coefficient (Wildman–Crippen LogP) is 3.20. The van der Waals surface area contributed by atoms with Gasteiger partial charge in [-0.1, -0.05) is 23.2 Å². The number of halogens is 2. The molecule has 0 aromatic heterocycles. The van der Waals surface area contributed by atoms with E-state index in [0.29, 0.717) is 22.0 Å². The third kappa shape index (κ3) is 2.29. The summed E-state index contributed by atoms with van der Waals surface area (Å²) < 4.78 is 0. The predicted molar refractivity (Wildman–Crippen MR) is 68.5 cm³/mol. The molecule has 1 N–H and O–H groups in total. The fourth-order valence-electron chi connectivity index (χ4n) is 2.32. The van der Waals surface area contributed by atoms with Crippen LogP contribution in [0.4, 0.5) is 5.69 Å². The van der Waals surface area contributed by atoms with Crippen molar-refractivity contribution in [3.63, 3.8) is 0 Å². The smallest absolute Gasteiger partial charge is 0.0479 e. The maximum Gasteiger partial charge on any atom is 0.0479 e. The summed E-state index contributed by atoms with van der Waals surface area (Å²) in [7, 11) is 0. The molecule has 2 rings (SSSR count). The minimum absolute atomic E-state index is 0.242. The van der Waals surface area contributed by atoms with Crippen molar-refractivity contribution < 1.29 is 5.11 Å². The molecule has 16 heavy (non-hydrogen) atoms. The summed E-state index contributed by atoms with van der Waals surface area (Å²) in [4.78, 5) is 2.25. The van der Waals surface area contributed by atoms with Gasteiger partial charge in [-0.25, -0.2) is 0 Å². The molecule has 0 amide bonds. The summed E-state index contributed by atoms with van der Waals surface area (Å²) in [6.45, 7) is 3.32. The van der Waals surface area contributed by atoms with Gasteiger partial charge in [-0.3, -0.25) is 0 Å². The van der Waals surface area contributed by atoms with Gasteiger partial charge in [0.15, 0.2) is 0 Å². The Morgan fingerprint density at radius 1 is 1.31 bits per heavy atom. The van der Waals surface area contributed by atoms with Gasteiger partial charge in [-0.2, -0.15) is 0 Å². The van der Waals surface area contributed by atoms with Crippen LogP contribution in [0.2, 0.25) is 10.0 Å². The van der Waals surface area contributed by atoms with Gasteiger partial charge in [0.2, 0.25) is 0 Å². The molecular weight excluding hydrogens is 245 g/mol. The number of benzene rings is 1. The minimum atomic E-state index is 0.242. The number of rotatable bonds is 2. The van der Waals surface area contributed by atoms with Crippen molar-refractivity contribution in [1.29, 1.82) is 0 Å². The van der Waals surface area contributed by atoms with Crippen LogP contribution in [-0.2, 0) is 0 Å². The van der Waals surface area contributed by atoms with Crippen molar-refractivity contribution in [3.05, 3.63) is 28.2 Å². The second kappa shape index (κ2) is 4.82. The monoisotopic (exact) mass is 259 g/mol. The highest BCUT2D eigenvalue weighted by Gasteiger charge is 2.30. The van der Waals surface area contributed by atoms with Gasteiger partial charge in [0.25, 0.3) is 0 Å². The molecule has 1 heterocycles. The van der Waals surface area contributed by atoms with Crippen LogP contribution in [0.25, 0.3) is 0 Å². The van der Waals surface area contributed by atoms with Crippen LogP contribution >= 0.6 is 23.2 Å². The molecule has 1 fully saturated rings. The Morgan fingerprint density at radius 3 is 2.44 bits per heavy atom. The summed E-state index contributed by atoms with van der Waals surface area (Å²) in [6, 6.07) is 5.91. The van der Waals surface area contributed by atoms with Gasteiger partial charge in [0.05, 0.1) is 0 Å². The summed E-state index contributed by atoms with van der Waals surface area (Å²) in [5, 5.41) is 10.5. The topological polar surface area (TPSA) is 23.5 Å². The fourth-order valence-corrected chi connectivity index (χ4v) is 2.83. The molecule has 1 aliphatic rings. The Balaban J connectivity index is 2.25. The average Bonchev–Trinajstić information content (AvgIpc) is 2.58. The maximum atomic E-state index is 9.23. The van der Waals surface area contributed by atoms with Gasteiger partial charge in [0.1, 0.15) is 0 Å². The minimum Gasteiger partial charge on any atom is -0.396 e. The van der Waals surface area contributed by atoms with Crippen molar-refractivity contribution in [2.24, 2.45) is 5.92 Å². The molecule has 2 nitrogen and oxygen atoms in total. The van der Waals surface area contributed by atoms with Crippen LogP contribution in [0.5, 0.6) is 0 Å². The van der Waals surface area contributed by atoms with E-state index < -0.39 is 0 Å². The maximum absolute atomic E-state index is 9.23. The standard InChI is InChI=1S/C12H15Cl2NO/c1-8-9(7-16)2-3-15(8)12-5-10(13)4-11(14)6-12/h4-6,8-9,16H,2-3,7H2,1H3. The molecule has 4 heteroatoms. The quantitative estimate of drug-likeness (QED) is 0.882. The van der Waals surface area contributed by atoms with Crippen molar-refractivity contribution >= 4 is 28.9 Å². The number of hydrogen-bond donors (Lipinski definition) is 1. The zero-order valence-corrected chi connectivity index (χ0v) is 10.7. The van der Waals surface area contributed by atoms with Crippen LogP contribution in [0.3, 0.4) is 0 Å². The summed E-state index contributed by atoms with van der Waals surface area (Å²) in [5.41, 5.74) is 1.04. The van der Waals surface area contributed by atoms with Crippen molar-refractivity contribution in [1.82, 2.24) is 0 Å². The lowest BCUT2D eigenvalue weighted by Gasteiger charge is -2.26. The Kier molecular flexibility index (Phi) is 3.63. The summed E-state index contributed by atoms with van der Waals surface area (Å²) in [5.74, 6) is 0.345. The number of aliphatic hydroxyl groups is 1. The first-order valence-electron chi connectivity index (χ1n) is 5.45. The highest BCUT2D eigenvalue weighted by atomic mass is 35.5. The molecule has 1 saturated heterocycles. The van der Waals surface area contributed by atoms with E-state index in [1.807, 2.05) is 12.1 Å². The van der Waals surface area contributed by atoms with Crippen LogP contribution < -0.4 is 4.90 Å². The molecule has 2 atom stereocenters. The highest BCUT2D eigenvalue weighted by Crippen LogP contribution is 2.32. The molecule has 2 unspecified atom stereocenters. The lowest BCUT2D eigenvalue weighted by Crippen LogP contribution is -2.31. The van der Waals surface area contributed by atoms with Crippen molar-refractivity contribution in [3.8, 4) is 0 Å². The number of aliphatic hydroxyl groups excluding tert-OH is 1. The SMILES string of the molecule is CC1C(CO)CCN1c1cc(Cl)cc(Cl)c1. The largest absolute Gasteiger partial charge is 0.396 e. The van der Waals surface area contributed by atoms with Gasteiger partial charge >= 0.3 is 0 Å². The van der Waals surface area contributed by atoms with E-state index >= 15 is 0 Å². The van der Waals surface area contributed by atoms with Crippen LogP contribution in [0, 0.1) is 5.92 Å². The molecule has 0 spiro atoms. The molecule has 1 aromatic carbocycles. The van der Waals surface area contributed by atoms with Crippen LogP contribution in [-0.4, -0.2) is 24.3 Å². The van der Waals surface area contributed by atoms with E-state index in [1.165, 1.54) is 0 Å². The Hall–Kier alpha value is -0.440. The lowest BCUT2D eigenvalue weighted by molar-refractivity contribution is 0.221. The normalized spacial score (nSPS) is 25.1. The first kappa shape index (κ1) is 12.0. The van der Waals surface area contributed by atoms with Gasteiger partial charge < -0.3 is 10.0 Å². The lowest BCUT2D eigenvalue weighted by atomic mass is 10.0. The van der Waals surface area contributed by atoms with E-state index in [2.05, 4.69) is 11.8 Å². The average molecular weight is 260 g/mol. The second-order valence-corrected chi connectivity index (χ2v) is 5.17. The van der Waals surface area contributed by atoms with Gasteiger partial charge in [0, 0.05) is 40.8 Å². The van der Waals surface area contributed by atoms with Crippen LogP contribution in [0.1, 0.15) is 13.3 Å². The number of anilines is 1. The fraction of sp³-hybridized carbons (Fsp3) is 0.500. The Bertz CT molecular complexity index is 363. The second-order valence-electron chi connectivity index (χ2n) is 4.29. The van der Waals surface area contributed by atoms with Gasteiger partial charge in [-0.05, 0) is 31.5 Å². The third-order valence-electron chi connectivity index (χ3n) is 3.33. The highest BCUT2D eigenvalue weighted by molar-refractivity contribution is 6.35. The molecule has 0 radical (unpaired) electrons.